The third-order valence-electron chi connectivity index (χ3n) is 4.37. The van der Waals surface area contributed by atoms with E-state index in [-0.39, 0.29) is 0 Å². The third kappa shape index (κ3) is 5.25. The van der Waals surface area contributed by atoms with E-state index in [1.54, 1.807) is 0 Å². The van der Waals surface area contributed by atoms with Crippen molar-refractivity contribution in [3.8, 4) is 0 Å². The van der Waals surface area contributed by atoms with Crippen LogP contribution in [0.4, 0.5) is 0 Å². The Morgan fingerprint density at radius 3 is 2.56 bits per heavy atom. The molecule has 0 bridgehead atoms. The molecule has 0 aromatic rings. The SMILES string of the molecule is CN(CCCOC1CCNCC1)CC1CCCC1. The Morgan fingerprint density at radius 1 is 1.11 bits per heavy atom. The van der Waals surface area contributed by atoms with Gasteiger partial charge in [0.15, 0.2) is 0 Å². The van der Waals surface area contributed by atoms with Crippen LogP contribution in [0, 0.1) is 5.92 Å². The number of nitrogens with zero attached hydrogens (tertiary/aromatic N) is 1. The predicted molar refractivity (Wildman–Crippen MR) is 75.9 cm³/mol. The third-order valence-corrected chi connectivity index (χ3v) is 4.37. The van der Waals surface area contributed by atoms with Crippen molar-refractivity contribution in [1.29, 1.82) is 0 Å². The van der Waals surface area contributed by atoms with Crippen molar-refractivity contribution in [2.75, 3.05) is 39.8 Å². The molecule has 0 radical (unpaired) electrons. The molecular weight excluding hydrogens is 224 g/mol. The fourth-order valence-corrected chi connectivity index (χ4v) is 3.27. The number of nitrogens with one attached hydrogen (secondary N) is 1. The van der Waals surface area contributed by atoms with Crippen molar-refractivity contribution in [1.82, 2.24) is 10.2 Å². The summed E-state index contributed by atoms with van der Waals surface area (Å²) in [5.41, 5.74) is 0. The molecule has 3 nitrogen and oxygen atoms in total. The molecule has 18 heavy (non-hydrogen) atoms. The summed E-state index contributed by atoms with van der Waals surface area (Å²) < 4.78 is 5.94. The Balaban J connectivity index is 1.46. The number of piperidine rings is 1. The first-order valence-electron chi connectivity index (χ1n) is 7.85. The molecule has 106 valence electrons. The second-order valence-electron chi connectivity index (χ2n) is 6.09. The molecule has 0 spiro atoms. The van der Waals surface area contributed by atoms with Crippen LogP contribution in [0.3, 0.4) is 0 Å². The average Bonchev–Trinajstić information content (AvgIpc) is 2.89. The Bertz CT molecular complexity index is 211. The minimum absolute atomic E-state index is 0.520. The molecule has 0 aromatic heterocycles. The molecule has 3 heteroatoms. The van der Waals surface area contributed by atoms with Crippen molar-refractivity contribution in [3.05, 3.63) is 0 Å². The number of hydrogen-bond acceptors (Lipinski definition) is 3. The summed E-state index contributed by atoms with van der Waals surface area (Å²) in [6, 6.07) is 0. The van der Waals surface area contributed by atoms with Gasteiger partial charge in [0, 0.05) is 19.7 Å². The zero-order valence-corrected chi connectivity index (χ0v) is 12.0. The normalized spacial score (nSPS) is 23.0. The zero-order chi connectivity index (χ0) is 12.6. The Morgan fingerprint density at radius 2 is 1.83 bits per heavy atom. The Labute approximate surface area is 112 Å². The fourth-order valence-electron chi connectivity index (χ4n) is 3.27. The second-order valence-corrected chi connectivity index (χ2v) is 6.09. The maximum absolute atomic E-state index is 5.94. The van der Waals surface area contributed by atoms with Crippen molar-refractivity contribution in [2.24, 2.45) is 5.92 Å². The Hall–Kier alpha value is -0.120. The van der Waals surface area contributed by atoms with E-state index in [2.05, 4.69) is 17.3 Å². The molecule has 1 aliphatic heterocycles. The molecule has 2 rings (SSSR count). The van der Waals surface area contributed by atoms with E-state index in [9.17, 15) is 0 Å². The lowest BCUT2D eigenvalue weighted by Crippen LogP contribution is -2.33. The molecule has 1 saturated heterocycles. The van der Waals surface area contributed by atoms with Gasteiger partial charge in [-0.3, -0.25) is 0 Å². The van der Waals surface area contributed by atoms with Crippen LogP contribution in [-0.4, -0.2) is 50.8 Å². The first-order valence-corrected chi connectivity index (χ1v) is 7.85. The quantitative estimate of drug-likeness (QED) is 0.705. The van der Waals surface area contributed by atoms with E-state index in [1.165, 1.54) is 58.0 Å². The van der Waals surface area contributed by atoms with Crippen LogP contribution in [0.25, 0.3) is 0 Å². The van der Waals surface area contributed by atoms with Crippen LogP contribution in [0.15, 0.2) is 0 Å². The summed E-state index contributed by atoms with van der Waals surface area (Å²) in [5, 5.41) is 3.38. The van der Waals surface area contributed by atoms with Crippen molar-refractivity contribution in [2.45, 2.75) is 51.0 Å². The van der Waals surface area contributed by atoms with Crippen molar-refractivity contribution >= 4 is 0 Å². The van der Waals surface area contributed by atoms with Gasteiger partial charge in [0.1, 0.15) is 0 Å². The molecule has 0 atom stereocenters. The molecule has 0 unspecified atom stereocenters. The monoisotopic (exact) mass is 254 g/mol. The van der Waals surface area contributed by atoms with Gasteiger partial charge < -0.3 is 15.0 Å². The molecule has 0 aromatic carbocycles. The molecule has 1 heterocycles. The van der Waals surface area contributed by atoms with Crippen LogP contribution >= 0.6 is 0 Å². The molecular formula is C15H30N2O. The summed E-state index contributed by atoms with van der Waals surface area (Å²) in [7, 11) is 2.27. The van der Waals surface area contributed by atoms with Gasteiger partial charge in [-0.15, -0.1) is 0 Å². The van der Waals surface area contributed by atoms with Gasteiger partial charge in [0.25, 0.3) is 0 Å². The summed E-state index contributed by atoms with van der Waals surface area (Å²) in [6.45, 7) is 5.70. The molecule has 2 aliphatic rings. The summed E-state index contributed by atoms with van der Waals surface area (Å²) in [5.74, 6) is 0.973. The van der Waals surface area contributed by atoms with Crippen molar-refractivity contribution in [3.63, 3.8) is 0 Å². The van der Waals surface area contributed by atoms with Crippen LogP contribution in [-0.2, 0) is 4.74 Å². The standard InChI is InChI=1S/C15H30N2O/c1-17(13-14-5-2-3-6-14)11-4-12-18-15-7-9-16-10-8-15/h14-16H,2-13H2,1H3. The first-order chi connectivity index (χ1) is 8.84. The lowest BCUT2D eigenvalue weighted by molar-refractivity contribution is 0.0282. The van der Waals surface area contributed by atoms with Gasteiger partial charge in [-0.2, -0.15) is 0 Å². The molecule has 1 N–H and O–H groups in total. The van der Waals surface area contributed by atoms with E-state index in [1.807, 2.05) is 0 Å². The fraction of sp³-hybridized carbons (Fsp3) is 1.00. The van der Waals surface area contributed by atoms with Gasteiger partial charge in [0.05, 0.1) is 6.10 Å². The zero-order valence-electron chi connectivity index (χ0n) is 12.0. The van der Waals surface area contributed by atoms with Crippen LogP contribution in [0.2, 0.25) is 0 Å². The highest BCUT2D eigenvalue weighted by molar-refractivity contribution is 4.71. The van der Waals surface area contributed by atoms with Crippen molar-refractivity contribution < 1.29 is 4.74 Å². The maximum atomic E-state index is 5.94. The van der Waals surface area contributed by atoms with Gasteiger partial charge in [-0.1, -0.05) is 12.8 Å². The molecule has 2 fully saturated rings. The highest BCUT2D eigenvalue weighted by Crippen LogP contribution is 2.25. The topological polar surface area (TPSA) is 24.5 Å². The number of ether oxygens (including phenoxy) is 1. The average molecular weight is 254 g/mol. The predicted octanol–water partition coefficient (Wildman–Crippen LogP) is 2.27. The Kier molecular flexibility index (Phi) is 6.46. The van der Waals surface area contributed by atoms with E-state index < -0.39 is 0 Å². The van der Waals surface area contributed by atoms with E-state index >= 15 is 0 Å². The first kappa shape index (κ1) is 14.3. The minimum Gasteiger partial charge on any atom is -0.378 e. The van der Waals surface area contributed by atoms with Gasteiger partial charge in [-0.25, -0.2) is 0 Å². The van der Waals surface area contributed by atoms with Gasteiger partial charge >= 0.3 is 0 Å². The lowest BCUT2D eigenvalue weighted by atomic mass is 10.1. The van der Waals surface area contributed by atoms with Crippen LogP contribution in [0.5, 0.6) is 0 Å². The summed E-state index contributed by atoms with van der Waals surface area (Å²) in [6.07, 6.45) is 9.91. The van der Waals surface area contributed by atoms with Crippen LogP contribution < -0.4 is 5.32 Å². The summed E-state index contributed by atoms with van der Waals surface area (Å²) in [4.78, 5) is 2.50. The summed E-state index contributed by atoms with van der Waals surface area (Å²) >= 11 is 0. The largest absolute Gasteiger partial charge is 0.378 e. The smallest absolute Gasteiger partial charge is 0.0599 e. The number of hydrogen-bond donors (Lipinski definition) is 1. The minimum atomic E-state index is 0.520. The van der Waals surface area contributed by atoms with E-state index in [0.717, 1.165) is 25.6 Å². The van der Waals surface area contributed by atoms with Crippen LogP contribution in [0.1, 0.15) is 44.9 Å². The highest BCUT2D eigenvalue weighted by atomic mass is 16.5. The van der Waals surface area contributed by atoms with E-state index in [4.69, 9.17) is 4.74 Å². The molecule has 1 aliphatic carbocycles. The second kappa shape index (κ2) is 8.13. The molecule has 1 saturated carbocycles. The van der Waals surface area contributed by atoms with E-state index in [0.29, 0.717) is 6.10 Å². The van der Waals surface area contributed by atoms with Gasteiger partial charge in [0.2, 0.25) is 0 Å². The molecule has 0 amide bonds. The highest BCUT2D eigenvalue weighted by Gasteiger charge is 2.17. The number of rotatable bonds is 7. The lowest BCUT2D eigenvalue weighted by Gasteiger charge is -2.24. The maximum Gasteiger partial charge on any atom is 0.0599 e. The van der Waals surface area contributed by atoms with Gasteiger partial charge in [-0.05, 0) is 58.2 Å².